The Hall–Kier alpha value is -1.49. The number of aryl methyl sites for hydroxylation is 1. The van der Waals surface area contributed by atoms with Crippen LogP contribution >= 0.6 is 0 Å². The third kappa shape index (κ3) is 2.48. The van der Waals surface area contributed by atoms with Crippen molar-refractivity contribution in [3.63, 3.8) is 0 Å². The van der Waals surface area contributed by atoms with Crippen LogP contribution in [0.2, 0.25) is 0 Å². The Balaban J connectivity index is 2.81. The molecule has 1 aromatic carbocycles. The maximum atomic E-state index is 8.66. The first kappa shape index (κ1) is 9.60. The Bertz CT molecular complexity index is 323. The fourth-order valence-electron chi connectivity index (χ4n) is 1.19. The Labute approximate surface area is 79.2 Å². The molecule has 0 aliphatic carbocycles. The van der Waals surface area contributed by atoms with Crippen molar-refractivity contribution < 1.29 is 0 Å². The maximum Gasteiger partial charge on any atom is 0.0991 e. The average molecular weight is 174 g/mol. The van der Waals surface area contributed by atoms with E-state index < -0.39 is 0 Å². The summed E-state index contributed by atoms with van der Waals surface area (Å²) < 4.78 is 0. The first-order valence-corrected chi connectivity index (χ1v) is 4.52. The zero-order valence-electron chi connectivity index (χ0n) is 8.09. The van der Waals surface area contributed by atoms with Crippen molar-refractivity contribution in [3.8, 4) is 6.07 Å². The van der Waals surface area contributed by atoms with Gasteiger partial charge in [-0.15, -0.1) is 0 Å². The first-order valence-electron chi connectivity index (χ1n) is 4.52. The second kappa shape index (κ2) is 4.51. The van der Waals surface area contributed by atoms with Crippen molar-refractivity contribution in [3.05, 3.63) is 29.3 Å². The van der Waals surface area contributed by atoms with Crippen LogP contribution in [0.5, 0.6) is 0 Å². The van der Waals surface area contributed by atoms with Gasteiger partial charge >= 0.3 is 0 Å². The van der Waals surface area contributed by atoms with Crippen LogP contribution in [0.25, 0.3) is 0 Å². The molecule has 13 heavy (non-hydrogen) atoms. The van der Waals surface area contributed by atoms with E-state index in [4.69, 9.17) is 5.26 Å². The molecule has 1 aromatic rings. The molecule has 0 radical (unpaired) electrons. The van der Waals surface area contributed by atoms with E-state index in [0.29, 0.717) is 0 Å². The third-order valence-corrected chi connectivity index (χ3v) is 1.92. The van der Waals surface area contributed by atoms with Crippen LogP contribution in [0.1, 0.15) is 24.5 Å². The molecule has 0 atom stereocenters. The molecule has 1 rings (SSSR count). The summed E-state index contributed by atoms with van der Waals surface area (Å²) in [7, 11) is 0. The maximum absolute atomic E-state index is 8.66. The lowest BCUT2D eigenvalue weighted by molar-refractivity contribution is 0.977. The van der Waals surface area contributed by atoms with Gasteiger partial charge in [0.05, 0.1) is 11.6 Å². The molecule has 0 fully saturated rings. The molecule has 0 bridgehead atoms. The molecule has 0 aliphatic rings. The SMILES string of the molecule is CCCNc1ccc(C#N)cc1C. The fourth-order valence-corrected chi connectivity index (χ4v) is 1.19. The van der Waals surface area contributed by atoms with E-state index in [2.05, 4.69) is 18.3 Å². The lowest BCUT2D eigenvalue weighted by atomic mass is 10.1. The highest BCUT2D eigenvalue weighted by Crippen LogP contribution is 2.15. The van der Waals surface area contributed by atoms with Gasteiger partial charge in [-0.2, -0.15) is 5.26 Å². The number of hydrogen-bond donors (Lipinski definition) is 1. The Morgan fingerprint density at radius 1 is 1.46 bits per heavy atom. The van der Waals surface area contributed by atoms with E-state index in [1.165, 1.54) is 0 Å². The Morgan fingerprint density at radius 2 is 2.23 bits per heavy atom. The number of benzene rings is 1. The number of rotatable bonds is 3. The average Bonchev–Trinajstić information content (AvgIpc) is 2.16. The summed E-state index contributed by atoms with van der Waals surface area (Å²) in [5, 5.41) is 12.0. The summed E-state index contributed by atoms with van der Waals surface area (Å²) in [4.78, 5) is 0. The zero-order chi connectivity index (χ0) is 9.68. The van der Waals surface area contributed by atoms with Gasteiger partial charge in [-0.25, -0.2) is 0 Å². The van der Waals surface area contributed by atoms with Crippen LogP contribution in [0.15, 0.2) is 18.2 Å². The van der Waals surface area contributed by atoms with Crippen molar-refractivity contribution in [1.82, 2.24) is 0 Å². The highest BCUT2D eigenvalue weighted by molar-refractivity contribution is 5.53. The minimum atomic E-state index is 0.722. The standard InChI is InChI=1S/C11H14N2/c1-3-6-13-11-5-4-10(8-12)7-9(11)2/h4-5,7,13H,3,6H2,1-2H3. The Morgan fingerprint density at radius 3 is 2.77 bits per heavy atom. The van der Waals surface area contributed by atoms with Crippen LogP contribution in [-0.2, 0) is 0 Å². The number of nitrogens with one attached hydrogen (secondary N) is 1. The number of nitrogens with zero attached hydrogens (tertiary/aromatic N) is 1. The van der Waals surface area contributed by atoms with E-state index in [0.717, 1.165) is 29.8 Å². The van der Waals surface area contributed by atoms with Crippen molar-refractivity contribution in [2.24, 2.45) is 0 Å². The van der Waals surface area contributed by atoms with Gasteiger partial charge in [0.2, 0.25) is 0 Å². The summed E-state index contributed by atoms with van der Waals surface area (Å²) in [6.45, 7) is 5.12. The molecule has 2 nitrogen and oxygen atoms in total. The molecule has 2 heteroatoms. The van der Waals surface area contributed by atoms with Crippen LogP contribution in [0, 0.1) is 18.3 Å². The molecular weight excluding hydrogens is 160 g/mol. The summed E-state index contributed by atoms with van der Waals surface area (Å²) in [5.74, 6) is 0. The third-order valence-electron chi connectivity index (χ3n) is 1.92. The smallest absolute Gasteiger partial charge is 0.0991 e. The Kier molecular flexibility index (Phi) is 3.33. The molecular formula is C11H14N2. The van der Waals surface area contributed by atoms with Crippen molar-refractivity contribution in [2.45, 2.75) is 20.3 Å². The molecule has 0 saturated heterocycles. The van der Waals surface area contributed by atoms with E-state index in [9.17, 15) is 0 Å². The van der Waals surface area contributed by atoms with Gasteiger partial charge in [-0.05, 0) is 37.1 Å². The van der Waals surface area contributed by atoms with E-state index in [1.807, 2.05) is 25.1 Å². The predicted octanol–water partition coefficient (Wildman–Crippen LogP) is 2.69. The molecule has 68 valence electrons. The minimum absolute atomic E-state index is 0.722. The molecule has 0 unspecified atom stereocenters. The quantitative estimate of drug-likeness (QED) is 0.764. The lowest BCUT2D eigenvalue weighted by Crippen LogP contribution is -2.01. The summed E-state index contributed by atoms with van der Waals surface area (Å²) in [6, 6.07) is 7.82. The van der Waals surface area contributed by atoms with Crippen molar-refractivity contribution in [2.75, 3.05) is 11.9 Å². The minimum Gasteiger partial charge on any atom is -0.385 e. The van der Waals surface area contributed by atoms with Gasteiger partial charge in [-0.1, -0.05) is 6.92 Å². The molecule has 0 aromatic heterocycles. The summed E-state index contributed by atoms with van der Waals surface area (Å²) >= 11 is 0. The number of hydrogen-bond acceptors (Lipinski definition) is 2. The van der Waals surface area contributed by atoms with E-state index in [1.54, 1.807) is 0 Å². The van der Waals surface area contributed by atoms with Gasteiger partial charge in [0, 0.05) is 12.2 Å². The molecule has 0 spiro atoms. The normalized spacial score (nSPS) is 9.31. The molecule has 0 heterocycles. The monoisotopic (exact) mass is 174 g/mol. The van der Waals surface area contributed by atoms with E-state index >= 15 is 0 Å². The second-order valence-electron chi connectivity index (χ2n) is 3.07. The largest absolute Gasteiger partial charge is 0.385 e. The fraction of sp³-hybridized carbons (Fsp3) is 0.364. The van der Waals surface area contributed by atoms with Gasteiger partial charge in [0.15, 0.2) is 0 Å². The van der Waals surface area contributed by atoms with Crippen molar-refractivity contribution in [1.29, 1.82) is 5.26 Å². The van der Waals surface area contributed by atoms with Crippen LogP contribution in [0.4, 0.5) is 5.69 Å². The van der Waals surface area contributed by atoms with Gasteiger partial charge in [0.25, 0.3) is 0 Å². The highest BCUT2D eigenvalue weighted by atomic mass is 14.9. The summed E-state index contributed by atoms with van der Waals surface area (Å²) in [5.41, 5.74) is 2.98. The van der Waals surface area contributed by atoms with Gasteiger partial charge in [-0.3, -0.25) is 0 Å². The number of nitriles is 1. The van der Waals surface area contributed by atoms with Crippen LogP contribution in [0.3, 0.4) is 0 Å². The second-order valence-corrected chi connectivity index (χ2v) is 3.07. The van der Waals surface area contributed by atoms with Crippen LogP contribution in [-0.4, -0.2) is 6.54 Å². The number of anilines is 1. The highest BCUT2D eigenvalue weighted by Gasteiger charge is 1.97. The summed E-state index contributed by atoms with van der Waals surface area (Å²) in [6.07, 6.45) is 1.11. The zero-order valence-corrected chi connectivity index (χ0v) is 8.09. The topological polar surface area (TPSA) is 35.8 Å². The predicted molar refractivity (Wildman–Crippen MR) is 54.7 cm³/mol. The molecule has 0 amide bonds. The van der Waals surface area contributed by atoms with Gasteiger partial charge < -0.3 is 5.32 Å². The van der Waals surface area contributed by atoms with Crippen LogP contribution < -0.4 is 5.32 Å². The molecule has 0 aliphatic heterocycles. The molecule has 1 N–H and O–H groups in total. The van der Waals surface area contributed by atoms with E-state index in [-0.39, 0.29) is 0 Å². The lowest BCUT2D eigenvalue weighted by Gasteiger charge is -2.07. The molecule has 0 saturated carbocycles. The van der Waals surface area contributed by atoms with Crippen molar-refractivity contribution >= 4 is 5.69 Å². The first-order chi connectivity index (χ1) is 6.27. The van der Waals surface area contributed by atoms with Gasteiger partial charge in [0.1, 0.15) is 0 Å².